The highest BCUT2D eigenvalue weighted by molar-refractivity contribution is 7.12. The molecule has 27 heavy (non-hydrogen) atoms. The van der Waals surface area contributed by atoms with E-state index in [-0.39, 0.29) is 10.5 Å². The van der Waals surface area contributed by atoms with Crippen LogP contribution < -0.4 is 10.1 Å². The van der Waals surface area contributed by atoms with E-state index in [2.05, 4.69) is 15.0 Å². The lowest BCUT2D eigenvalue weighted by atomic mass is 10.1. The van der Waals surface area contributed by atoms with Crippen molar-refractivity contribution in [3.63, 3.8) is 0 Å². The molecule has 0 fully saturated rings. The normalized spacial score (nSPS) is 11.1. The highest BCUT2D eigenvalue weighted by Crippen LogP contribution is 2.29. The number of nitriles is 1. The molecule has 136 valence electrons. The molecule has 7 nitrogen and oxygen atoms in total. The number of aromatic nitrogens is 1. The zero-order chi connectivity index (χ0) is 19.4. The van der Waals surface area contributed by atoms with Crippen molar-refractivity contribution >= 4 is 45.9 Å². The Morgan fingerprint density at radius 3 is 2.81 bits per heavy atom. The molecule has 0 spiro atoms. The number of aromatic amines is 1. The zero-order valence-electron chi connectivity index (χ0n) is 14.5. The highest BCUT2D eigenvalue weighted by atomic mass is 32.1. The van der Waals surface area contributed by atoms with Gasteiger partial charge < -0.3 is 19.8 Å². The molecule has 0 aliphatic rings. The minimum Gasteiger partial charge on any atom is -0.495 e. The number of anilines is 1. The van der Waals surface area contributed by atoms with Crippen molar-refractivity contribution in [2.75, 3.05) is 19.5 Å². The molecule has 0 atom stereocenters. The van der Waals surface area contributed by atoms with Crippen LogP contribution in [-0.2, 0) is 9.53 Å². The van der Waals surface area contributed by atoms with E-state index in [9.17, 15) is 14.9 Å². The fourth-order valence-electron chi connectivity index (χ4n) is 2.59. The van der Waals surface area contributed by atoms with Crippen molar-refractivity contribution in [1.82, 2.24) is 4.98 Å². The minimum absolute atomic E-state index is 0.0965. The lowest BCUT2D eigenvalue weighted by Crippen LogP contribution is -2.15. The smallest absolute Gasteiger partial charge is 0.350 e. The first-order valence-corrected chi connectivity index (χ1v) is 8.70. The molecule has 3 rings (SSSR count). The van der Waals surface area contributed by atoms with Gasteiger partial charge in [-0.3, -0.25) is 4.79 Å². The molecule has 0 aliphatic heterocycles. The van der Waals surface area contributed by atoms with Crippen LogP contribution in [0.4, 0.5) is 5.69 Å². The van der Waals surface area contributed by atoms with Crippen molar-refractivity contribution in [2.45, 2.75) is 0 Å². The summed E-state index contributed by atoms with van der Waals surface area (Å²) in [6.45, 7) is 0. The SMILES string of the molecule is COC(=O)c1sccc1NC(=O)/C(C#N)=C/c1c[nH]c2c(OC)cccc12. The number of ether oxygens (including phenoxy) is 2. The van der Waals surface area contributed by atoms with Gasteiger partial charge >= 0.3 is 5.97 Å². The fourth-order valence-corrected chi connectivity index (χ4v) is 3.36. The number of hydrogen-bond acceptors (Lipinski definition) is 6. The van der Waals surface area contributed by atoms with Crippen LogP contribution in [0, 0.1) is 11.3 Å². The number of carbonyl (C=O) groups excluding carboxylic acids is 2. The van der Waals surface area contributed by atoms with E-state index < -0.39 is 11.9 Å². The van der Waals surface area contributed by atoms with Crippen molar-refractivity contribution in [3.05, 3.63) is 51.9 Å². The summed E-state index contributed by atoms with van der Waals surface area (Å²) in [6, 6.07) is 8.99. The summed E-state index contributed by atoms with van der Waals surface area (Å²) in [6.07, 6.45) is 3.18. The second-order valence-electron chi connectivity index (χ2n) is 5.41. The molecule has 8 heteroatoms. The first kappa shape index (κ1) is 18.2. The summed E-state index contributed by atoms with van der Waals surface area (Å²) < 4.78 is 9.98. The number of amides is 1. The number of benzene rings is 1. The van der Waals surface area contributed by atoms with Crippen LogP contribution >= 0.6 is 11.3 Å². The van der Waals surface area contributed by atoms with Crippen LogP contribution in [-0.4, -0.2) is 31.1 Å². The van der Waals surface area contributed by atoms with E-state index >= 15 is 0 Å². The molecular formula is C19H15N3O4S. The molecule has 3 aromatic rings. The van der Waals surface area contributed by atoms with Gasteiger partial charge in [-0.1, -0.05) is 12.1 Å². The maximum absolute atomic E-state index is 12.5. The molecule has 2 aromatic heterocycles. The Hall–Kier alpha value is -3.57. The molecule has 1 amide bonds. The molecular weight excluding hydrogens is 366 g/mol. The summed E-state index contributed by atoms with van der Waals surface area (Å²) in [5.74, 6) is -0.499. The van der Waals surface area contributed by atoms with Crippen LogP contribution in [0.2, 0.25) is 0 Å². The first-order valence-electron chi connectivity index (χ1n) is 7.82. The van der Waals surface area contributed by atoms with Crippen LogP contribution in [0.3, 0.4) is 0 Å². The van der Waals surface area contributed by atoms with E-state index in [0.717, 1.165) is 22.2 Å². The number of methoxy groups -OCH3 is 2. The number of rotatable bonds is 5. The minimum atomic E-state index is -0.613. The summed E-state index contributed by atoms with van der Waals surface area (Å²) in [4.78, 5) is 27.6. The number of nitrogens with one attached hydrogen (secondary N) is 2. The summed E-state index contributed by atoms with van der Waals surface area (Å²) in [7, 11) is 2.83. The second kappa shape index (κ2) is 7.76. The van der Waals surface area contributed by atoms with Crippen LogP contribution in [0.1, 0.15) is 15.2 Å². The van der Waals surface area contributed by atoms with Crippen LogP contribution in [0.5, 0.6) is 5.75 Å². The van der Waals surface area contributed by atoms with E-state index in [1.54, 1.807) is 24.8 Å². The first-order chi connectivity index (χ1) is 13.1. The van der Waals surface area contributed by atoms with Gasteiger partial charge in [-0.15, -0.1) is 11.3 Å². The van der Waals surface area contributed by atoms with Gasteiger partial charge in [0.15, 0.2) is 0 Å². The van der Waals surface area contributed by atoms with Crippen molar-refractivity contribution in [3.8, 4) is 11.8 Å². The summed E-state index contributed by atoms with van der Waals surface area (Å²) in [5, 5.41) is 14.5. The molecule has 0 saturated heterocycles. The second-order valence-corrected chi connectivity index (χ2v) is 6.32. The molecule has 2 N–H and O–H groups in total. The molecule has 1 aromatic carbocycles. The van der Waals surface area contributed by atoms with Gasteiger partial charge in [0.05, 0.1) is 25.4 Å². The van der Waals surface area contributed by atoms with E-state index in [4.69, 9.17) is 4.74 Å². The molecule has 2 heterocycles. The predicted octanol–water partition coefficient (Wildman–Crippen LogP) is 3.57. The largest absolute Gasteiger partial charge is 0.495 e. The highest BCUT2D eigenvalue weighted by Gasteiger charge is 2.18. The topological polar surface area (TPSA) is 104 Å². The third kappa shape index (κ3) is 3.54. The van der Waals surface area contributed by atoms with Gasteiger partial charge in [-0.25, -0.2) is 4.79 Å². The van der Waals surface area contributed by atoms with Gasteiger partial charge in [0, 0.05) is 17.1 Å². The third-order valence-electron chi connectivity index (χ3n) is 3.88. The van der Waals surface area contributed by atoms with Crippen molar-refractivity contribution in [2.24, 2.45) is 0 Å². The number of H-pyrrole nitrogens is 1. The maximum Gasteiger partial charge on any atom is 0.350 e. The van der Waals surface area contributed by atoms with Crippen LogP contribution in [0.15, 0.2) is 41.4 Å². The maximum atomic E-state index is 12.5. The van der Waals surface area contributed by atoms with Gasteiger partial charge in [-0.2, -0.15) is 5.26 Å². The summed E-state index contributed by atoms with van der Waals surface area (Å²) >= 11 is 1.14. The predicted molar refractivity (Wildman–Crippen MR) is 103 cm³/mol. The van der Waals surface area contributed by atoms with Gasteiger partial charge in [0.2, 0.25) is 0 Å². The number of fused-ring (bicyclic) bond motifs is 1. The van der Waals surface area contributed by atoms with E-state index in [1.165, 1.54) is 13.2 Å². The molecule has 0 radical (unpaired) electrons. The number of para-hydroxylation sites is 1. The Bertz CT molecular complexity index is 1090. The quantitative estimate of drug-likeness (QED) is 0.399. The van der Waals surface area contributed by atoms with Crippen molar-refractivity contribution < 1.29 is 19.1 Å². The number of nitrogens with zero attached hydrogens (tertiary/aromatic N) is 1. The Morgan fingerprint density at radius 1 is 1.30 bits per heavy atom. The van der Waals surface area contributed by atoms with Gasteiger partial charge in [-0.05, 0) is 23.6 Å². The zero-order valence-corrected chi connectivity index (χ0v) is 15.3. The van der Waals surface area contributed by atoms with Gasteiger partial charge in [0.1, 0.15) is 22.3 Å². The average molecular weight is 381 g/mol. The lowest BCUT2D eigenvalue weighted by molar-refractivity contribution is -0.112. The van der Waals surface area contributed by atoms with E-state index in [0.29, 0.717) is 17.0 Å². The monoisotopic (exact) mass is 381 g/mol. The Labute approximate surface area is 158 Å². The van der Waals surface area contributed by atoms with E-state index in [1.807, 2.05) is 24.3 Å². The lowest BCUT2D eigenvalue weighted by Gasteiger charge is -2.05. The fraction of sp³-hybridized carbons (Fsp3) is 0.105. The number of esters is 1. The Balaban J connectivity index is 1.92. The van der Waals surface area contributed by atoms with Crippen LogP contribution in [0.25, 0.3) is 17.0 Å². The third-order valence-corrected chi connectivity index (χ3v) is 4.77. The number of carbonyl (C=O) groups is 2. The van der Waals surface area contributed by atoms with Crippen molar-refractivity contribution in [1.29, 1.82) is 5.26 Å². The standard InChI is InChI=1S/C19H15N3O4S/c1-25-15-5-3-4-13-12(10-21-16(13)15)8-11(9-20)18(23)22-14-6-7-27-17(14)19(24)26-2/h3-8,10,21H,1-2H3,(H,22,23)/b11-8+. The summed E-state index contributed by atoms with van der Waals surface area (Å²) in [5.41, 5.74) is 1.66. The molecule has 0 bridgehead atoms. The molecule has 0 unspecified atom stereocenters. The number of thiophene rings is 1. The number of hydrogen-bond donors (Lipinski definition) is 2. The van der Waals surface area contributed by atoms with Gasteiger partial charge in [0.25, 0.3) is 5.91 Å². The molecule has 0 aliphatic carbocycles. The average Bonchev–Trinajstić information content (AvgIpc) is 3.32. The Morgan fingerprint density at radius 2 is 2.11 bits per heavy atom. The molecule has 0 saturated carbocycles. The Kier molecular flexibility index (Phi) is 5.24.